The molecule has 21 heavy (non-hydrogen) atoms. The zero-order valence-electron chi connectivity index (χ0n) is 12.8. The lowest BCUT2D eigenvalue weighted by molar-refractivity contribution is -0.139. The largest absolute Gasteiger partial charge is 0.334 e. The lowest BCUT2D eigenvalue weighted by atomic mass is 9.90. The number of amides is 1. The smallest absolute Gasteiger partial charge is 0.243 e. The molecule has 1 atom stereocenters. The summed E-state index contributed by atoms with van der Waals surface area (Å²) >= 11 is 0. The molecule has 0 radical (unpaired) electrons. The van der Waals surface area contributed by atoms with Crippen molar-refractivity contribution in [2.45, 2.75) is 63.6 Å². The van der Waals surface area contributed by atoms with Gasteiger partial charge in [0.15, 0.2) is 0 Å². The summed E-state index contributed by atoms with van der Waals surface area (Å²) in [5, 5.41) is 3.51. The SMILES string of the molecule is CCCC1(C(=O)N(Cc2cccnc2)C2CC2)CCCN1. The average molecular weight is 287 g/mol. The molecule has 1 unspecified atom stereocenters. The molecule has 4 nitrogen and oxygen atoms in total. The molecular weight excluding hydrogens is 262 g/mol. The summed E-state index contributed by atoms with van der Waals surface area (Å²) in [5.41, 5.74) is 0.821. The van der Waals surface area contributed by atoms with E-state index in [0.29, 0.717) is 18.5 Å². The first-order valence-electron chi connectivity index (χ1n) is 8.20. The Labute approximate surface area is 126 Å². The zero-order valence-corrected chi connectivity index (χ0v) is 12.8. The van der Waals surface area contributed by atoms with Crippen LogP contribution in [-0.2, 0) is 11.3 Å². The van der Waals surface area contributed by atoms with Gasteiger partial charge in [0.1, 0.15) is 0 Å². The predicted octanol–water partition coefficient (Wildman–Crippen LogP) is 2.49. The van der Waals surface area contributed by atoms with Crippen molar-refractivity contribution >= 4 is 5.91 Å². The summed E-state index contributed by atoms with van der Waals surface area (Å²) in [4.78, 5) is 19.5. The van der Waals surface area contributed by atoms with Gasteiger partial charge >= 0.3 is 0 Å². The van der Waals surface area contributed by atoms with E-state index in [0.717, 1.165) is 50.6 Å². The lowest BCUT2D eigenvalue weighted by Crippen LogP contribution is -2.55. The number of hydrogen-bond donors (Lipinski definition) is 1. The third-order valence-corrected chi connectivity index (χ3v) is 4.65. The highest BCUT2D eigenvalue weighted by atomic mass is 16.2. The quantitative estimate of drug-likeness (QED) is 0.874. The molecule has 1 amide bonds. The Bertz CT molecular complexity index is 478. The van der Waals surface area contributed by atoms with Crippen LogP contribution in [0.1, 0.15) is 51.0 Å². The predicted molar refractivity (Wildman–Crippen MR) is 82.7 cm³/mol. The Morgan fingerprint density at radius 2 is 2.38 bits per heavy atom. The highest BCUT2D eigenvalue weighted by Crippen LogP contribution is 2.34. The lowest BCUT2D eigenvalue weighted by Gasteiger charge is -2.35. The molecule has 0 spiro atoms. The Morgan fingerprint density at radius 1 is 1.52 bits per heavy atom. The van der Waals surface area contributed by atoms with E-state index in [-0.39, 0.29) is 5.54 Å². The molecule has 1 saturated carbocycles. The summed E-state index contributed by atoms with van der Waals surface area (Å²) < 4.78 is 0. The van der Waals surface area contributed by atoms with Gasteiger partial charge in [0.05, 0.1) is 5.54 Å². The van der Waals surface area contributed by atoms with Crippen molar-refractivity contribution in [2.75, 3.05) is 6.54 Å². The van der Waals surface area contributed by atoms with Gasteiger partial charge in [-0.25, -0.2) is 0 Å². The number of rotatable bonds is 6. The zero-order chi connectivity index (χ0) is 14.7. The standard InChI is InChI=1S/C17H25N3O/c1-2-8-17(9-4-11-19-17)16(21)20(15-6-7-15)13-14-5-3-10-18-12-14/h3,5,10,12,15,19H,2,4,6-9,11,13H2,1H3. The molecule has 0 aromatic carbocycles. The summed E-state index contributed by atoms with van der Waals surface area (Å²) in [7, 11) is 0. The number of carbonyl (C=O) groups is 1. The van der Waals surface area contributed by atoms with Crippen molar-refractivity contribution in [2.24, 2.45) is 0 Å². The van der Waals surface area contributed by atoms with Gasteiger partial charge in [-0.2, -0.15) is 0 Å². The van der Waals surface area contributed by atoms with Gasteiger partial charge in [-0.05, 0) is 50.3 Å². The third-order valence-electron chi connectivity index (χ3n) is 4.65. The second-order valence-electron chi connectivity index (χ2n) is 6.39. The van der Waals surface area contributed by atoms with Crippen LogP contribution in [0.4, 0.5) is 0 Å². The molecular formula is C17H25N3O. The van der Waals surface area contributed by atoms with Crippen molar-refractivity contribution in [3.05, 3.63) is 30.1 Å². The second-order valence-corrected chi connectivity index (χ2v) is 6.39. The van der Waals surface area contributed by atoms with Gasteiger partial charge in [-0.1, -0.05) is 19.4 Å². The van der Waals surface area contributed by atoms with Gasteiger partial charge in [0.25, 0.3) is 0 Å². The number of nitrogens with one attached hydrogen (secondary N) is 1. The molecule has 2 aliphatic rings. The summed E-state index contributed by atoms with van der Waals surface area (Å²) in [6.45, 7) is 3.83. The fraction of sp³-hybridized carbons (Fsp3) is 0.647. The van der Waals surface area contributed by atoms with Crippen LogP contribution in [0.5, 0.6) is 0 Å². The monoisotopic (exact) mass is 287 g/mol. The van der Waals surface area contributed by atoms with E-state index in [2.05, 4.69) is 28.2 Å². The Morgan fingerprint density at radius 3 is 2.95 bits per heavy atom. The van der Waals surface area contributed by atoms with Gasteiger partial charge in [0, 0.05) is 25.0 Å². The minimum absolute atomic E-state index is 0.306. The second kappa shape index (κ2) is 6.14. The maximum absolute atomic E-state index is 13.2. The molecule has 1 aliphatic carbocycles. The van der Waals surface area contributed by atoms with E-state index in [1.807, 2.05) is 12.3 Å². The van der Waals surface area contributed by atoms with Crippen molar-refractivity contribution in [3.63, 3.8) is 0 Å². The fourth-order valence-electron chi connectivity index (χ4n) is 3.45. The van der Waals surface area contributed by atoms with E-state index in [1.165, 1.54) is 0 Å². The molecule has 1 saturated heterocycles. The summed E-state index contributed by atoms with van der Waals surface area (Å²) in [6.07, 6.45) is 10.0. The van der Waals surface area contributed by atoms with Gasteiger partial charge in [0.2, 0.25) is 5.91 Å². The molecule has 1 aliphatic heterocycles. The van der Waals surface area contributed by atoms with Crippen molar-refractivity contribution in [3.8, 4) is 0 Å². The number of nitrogens with zero attached hydrogens (tertiary/aromatic N) is 2. The van der Waals surface area contributed by atoms with E-state index in [1.54, 1.807) is 6.20 Å². The Balaban J connectivity index is 1.78. The molecule has 1 N–H and O–H groups in total. The maximum Gasteiger partial charge on any atom is 0.243 e. The van der Waals surface area contributed by atoms with Gasteiger partial charge in [-0.15, -0.1) is 0 Å². The van der Waals surface area contributed by atoms with E-state index in [9.17, 15) is 4.79 Å². The molecule has 4 heteroatoms. The average Bonchev–Trinajstić information content (AvgIpc) is 3.24. The van der Waals surface area contributed by atoms with Crippen molar-refractivity contribution in [1.82, 2.24) is 15.2 Å². The van der Waals surface area contributed by atoms with Crippen LogP contribution in [0, 0.1) is 0 Å². The highest BCUT2D eigenvalue weighted by Gasteiger charge is 2.46. The number of aromatic nitrogens is 1. The first-order chi connectivity index (χ1) is 10.2. The Hall–Kier alpha value is -1.42. The van der Waals surface area contributed by atoms with Crippen LogP contribution in [0.3, 0.4) is 0 Å². The van der Waals surface area contributed by atoms with Crippen molar-refractivity contribution in [1.29, 1.82) is 0 Å². The summed E-state index contributed by atoms with van der Waals surface area (Å²) in [6, 6.07) is 4.44. The highest BCUT2D eigenvalue weighted by molar-refractivity contribution is 5.87. The molecule has 1 aromatic rings. The minimum Gasteiger partial charge on any atom is -0.334 e. The van der Waals surface area contributed by atoms with Crippen LogP contribution in [-0.4, -0.2) is 33.9 Å². The minimum atomic E-state index is -0.306. The van der Waals surface area contributed by atoms with Crippen LogP contribution < -0.4 is 5.32 Å². The van der Waals surface area contributed by atoms with Gasteiger partial charge in [-0.3, -0.25) is 9.78 Å². The molecule has 2 heterocycles. The summed E-state index contributed by atoms with van der Waals surface area (Å²) in [5.74, 6) is 0.313. The molecule has 114 valence electrons. The molecule has 2 fully saturated rings. The molecule has 3 rings (SSSR count). The van der Waals surface area contributed by atoms with Gasteiger partial charge < -0.3 is 10.2 Å². The van der Waals surface area contributed by atoms with Crippen LogP contribution in [0.25, 0.3) is 0 Å². The van der Waals surface area contributed by atoms with Crippen LogP contribution in [0.15, 0.2) is 24.5 Å². The van der Waals surface area contributed by atoms with Crippen LogP contribution >= 0.6 is 0 Å². The molecule has 0 bridgehead atoms. The normalized spacial score (nSPS) is 25.0. The maximum atomic E-state index is 13.2. The fourth-order valence-corrected chi connectivity index (χ4v) is 3.45. The van der Waals surface area contributed by atoms with E-state index in [4.69, 9.17) is 0 Å². The van der Waals surface area contributed by atoms with Crippen molar-refractivity contribution < 1.29 is 4.79 Å². The Kier molecular flexibility index (Phi) is 4.24. The van der Waals surface area contributed by atoms with Crippen LogP contribution in [0.2, 0.25) is 0 Å². The molecule has 1 aromatic heterocycles. The van der Waals surface area contributed by atoms with E-state index < -0.39 is 0 Å². The number of hydrogen-bond acceptors (Lipinski definition) is 3. The van der Waals surface area contributed by atoms with E-state index >= 15 is 0 Å². The number of carbonyl (C=O) groups excluding carboxylic acids is 1. The number of pyridine rings is 1. The topological polar surface area (TPSA) is 45.2 Å². The third kappa shape index (κ3) is 3.10. The first kappa shape index (κ1) is 14.5. The first-order valence-corrected chi connectivity index (χ1v) is 8.20.